The van der Waals surface area contributed by atoms with Crippen LogP contribution < -0.4 is 5.32 Å². The van der Waals surface area contributed by atoms with Crippen molar-refractivity contribution in [2.24, 2.45) is 10.9 Å². The maximum atomic E-state index is 13.5. The molecule has 32 heavy (non-hydrogen) atoms. The quantitative estimate of drug-likeness (QED) is 0.306. The van der Waals surface area contributed by atoms with Gasteiger partial charge >= 0.3 is 5.97 Å². The lowest BCUT2D eigenvalue weighted by molar-refractivity contribution is -0.137. The van der Waals surface area contributed by atoms with Crippen LogP contribution in [0.25, 0.3) is 6.08 Å². The highest BCUT2D eigenvalue weighted by atomic mass is 19.1. The molecule has 1 atom stereocenters. The van der Waals surface area contributed by atoms with E-state index in [1.54, 1.807) is 12.1 Å². The Balaban J connectivity index is 1.44. The first-order valence-electron chi connectivity index (χ1n) is 11.4. The number of hydrogen-bond acceptors (Lipinski definition) is 4. The van der Waals surface area contributed by atoms with E-state index in [-0.39, 0.29) is 18.2 Å². The number of aryl methyl sites for hydroxylation is 2. The topological polar surface area (TPSA) is 74.6 Å². The van der Waals surface area contributed by atoms with Gasteiger partial charge in [-0.05, 0) is 74.6 Å². The van der Waals surface area contributed by atoms with Gasteiger partial charge in [0, 0.05) is 17.8 Å². The Hall–Kier alpha value is -3.02. The zero-order valence-electron chi connectivity index (χ0n) is 18.5. The molecule has 3 rings (SSSR count). The molecule has 1 aromatic carbocycles. The number of halogens is 1. The first kappa shape index (κ1) is 23.6. The van der Waals surface area contributed by atoms with Crippen molar-refractivity contribution in [3.63, 3.8) is 0 Å². The van der Waals surface area contributed by atoms with Crippen molar-refractivity contribution in [1.29, 1.82) is 0 Å². The number of allylic oxidation sites excluding steroid dienone is 1. The number of carboxylic acid groups (broad SMARTS) is 1. The number of nitrogens with one attached hydrogen (secondary N) is 1. The fourth-order valence-electron chi connectivity index (χ4n) is 4.11. The van der Waals surface area contributed by atoms with Gasteiger partial charge in [0.15, 0.2) is 0 Å². The van der Waals surface area contributed by atoms with Crippen molar-refractivity contribution < 1.29 is 14.3 Å². The van der Waals surface area contributed by atoms with Crippen LogP contribution in [0.4, 0.5) is 15.9 Å². The number of pyridine rings is 1. The minimum atomic E-state index is -0.826. The molecule has 0 saturated heterocycles. The van der Waals surface area contributed by atoms with Crippen LogP contribution in [-0.4, -0.2) is 29.3 Å². The second-order valence-corrected chi connectivity index (χ2v) is 8.37. The Morgan fingerprint density at radius 3 is 2.91 bits per heavy atom. The zero-order valence-corrected chi connectivity index (χ0v) is 18.5. The molecule has 0 bridgehead atoms. The zero-order chi connectivity index (χ0) is 22.8. The van der Waals surface area contributed by atoms with Crippen LogP contribution in [0.2, 0.25) is 0 Å². The second kappa shape index (κ2) is 12.1. The first-order valence-corrected chi connectivity index (χ1v) is 11.4. The first-order chi connectivity index (χ1) is 15.5. The van der Waals surface area contributed by atoms with Crippen molar-refractivity contribution in [2.45, 2.75) is 57.8 Å². The average molecular weight is 438 g/mol. The van der Waals surface area contributed by atoms with Crippen LogP contribution in [0.3, 0.4) is 0 Å². The average Bonchev–Trinajstić information content (AvgIpc) is 2.79. The standard InChI is InChI=1S/C26H32FN3O2/c1-28-24-15-13-22(27)18-21(24)11-10-19(17-25(31)32)7-4-2-3-5-9-23-14-12-20-8-6-16-29-26(20)30-23/h10-15,18-19H,1-9,16-17H2,(H,29,30)(H,31,32)/b11-10+. The van der Waals surface area contributed by atoms with Crippen LogP contribution in [0.5, 0.6) is 0 Å². The van der Waals surface area contributed by atoms with Crippen LogP contribution in [-0.2, 0) is 17.6 Å². The van der Waals surface area contributed by atoms with Crippen molar-refractivity contribution in [1.82, 2.24) is 4.98 Å². The lowest BCUT2D eigenvalue weighted by atomic mass is 9.95. The van der Waals surface area contributed by atoms with Gasteiger partial charge < -0.3 is 10.4 Å². The summed E-state index contributed by atoms with van der Waals surface area (Å²) in [6.07, 6.45) is 11.9. The van der Waals surface area contributed by atoms with Gasteiger partial charge in [-0.2, -0.15) is 0 Å². The van der Waals surface area contributed by atoms with Crippen LogP contribution in [0.1, 0.15) is 61.8 Å². The third-order valence-electron chi connectivity index (χ3n) is 5.85. The number of aliphatic carboxylic acids is 1. The van der Waals surface area contributed by atoms with Gasteiger partial charge in [0.2, 0.25) is 0 Å². The highest BCUT2D eigenvalue weighted by Crippen LogP contribution is 2.24. The van der Waals surface area contributed by atoms with Gasteiger partial charge in [0.05, 0.1) is 12.1 Å². The molecule has 1 unspecified atom stereocenters. The molecule has 1 aliphatic heterocycles. The fraction of sp³-hybridized carbons (Fsp3) is 0.423. The highest BCUT2D eigenvalue weighted by molar-refractivity contribution is 5.69. The number of aliphatic imine (C=N–C) groups is 1. The molecule has 5 nitrogen and oxygen atoms in total. The fourth-order valence-corrected chi connectivity index (χ4v) is 4.11. The highest BCUT2D eigenvalue weighted by Gasteiger charge is 2.12. The molecule has 1 aliphatic rings. The minimum absolute atomic E-state index is 0.0642. The maximum Gasteiger partial charge on any atom is 0.303 e. The predicted molar refractivity (Wildman–Crippen MR) is 128 cm³/mol. The number of nitrogens with zero attached hydrogens (tertiary/aromatic N) is 2. The van der Waals surface area contributed by atoms with E-state index in [0.717, 1.165) is 63.0 Å². The summed E-state index contributed by atoms with van der Waals surface area (Å²) in [5, 5.41) is 12.6. The molecule has 2 N–H and O–H groups in total. The van der Waals surface area contributed by atoms with Crippen molar-refractivity contribution in [3.8, 4) is 0 Å². The molecule has 0 fully saturated rings. The molecule has 1 aromatic heterocycles. The number of hydrogen-bond donors (Lipinski definition) is 2. The Kier molecular flexibility index (Phi) is 8.96. The van der Waals surface area contributed by atoms with Gasteiger partial charge in [0.25, 0.3) is 0 Å². The Morgan fingerprint density at radius 1 is 1.25 bits per heavy atom. The molecule has 0 amide bonds. The summed E-state index contributed by atoms with van der Waals surface area (Å²) in [6, 6.07) is 8.63. The van der Waals surface area contributed by atoms with E-state index in [1.807, 2.05) is 6.08 Å². The van der Waals surface area contributed by atoms with Crippen LogP contribution >= 0.6 is 0 Å². The normalized spacial score (nSPS) is 14.0. The van der Waals surface area contributed by atoms with Gasteiger partial charge in [-0.3, -0.25) is 9.79 Å². The maximum absolute atomic E-state index is 13.5. The molecule has 170 valence electrons. The summed E-state index contributed by atoms with van der Waals surface area (Å²) in [5.41, 5.74) is 3.64. The summed E-state index contributed by atoms with van der Waals surface area (Å²) in [6.45, 7) is 4.51. The predicted octanol–water partition coefficient (Wildman–Crippen LogP) is 6.21. The monoisotopic (exact) mass is 437 g/mol. The lowest BCUT2D eigenvalue weighted by Gasteiger charge is -2.17. The number of benzene rings is 1. The molecular weight excluding hydrogens is 405 g/mol. The Bertz CT molecular complexity index is 958. The second-order valence-electron chi connectivity index (χ2n) is 8.37. The number of carboxylic acids is 1. The summed E-state index contributed by atoms with van der Waals surface area (Å²) in [7, 11) is 0. The Labute approximate surface area is 189 Å². The summed E-state index contributed by atoms with van der Waals surface area (Å²) >= 11 is 0. The number of anilines is 1. The van der Waals surface area contributed by atoms with E-state index >= 15 is 0 Å². The van der Waals surface area contributed by atoms with E-state index in [0.29, 0.717) is 11.3 Å². The van der Waals surface area contributed by atoms with Gasteiger partial charge in [-0.15, -0.1) is 0 Å². The van der Waals surface area contributed by atoms with Gasteiger partial charge in [0.1, 0.15) is 11.6 Å². The number of unbranched alkanes of at least 4 members (excludes halogenated alkanes) is 3. The van der Waals surface area contributed by atoms with E-state index in [1.165, 1.54) is 24.1 Å². The van der Waals surface area contributed by atoms with E-state index in [2.05, 4.69) is 29.2 Å². The van der Waals surface area contributed by atoms with Gasteiger partial charge in [-0.1, -0.05) is 37.5 Å². The van der Waals surface area contributed by atoms with Crippen LogP contribution in [0, 0.1) is 11.7 Å². The van der Waals surface area contributed by atoms with Crippen molar-refractivity contribution >= 4 is 30.3 Å². The van der Waals surface area contributed by atoms with E-state index < -0.39 is 5.97 Å². The molecular formula is C26H32FN3O2. The Morgan fingerprint density at radius 2 is 2.09 bits per heavy atom. The van der Waals surface area contributed by atoms with E-state index in [9.17, 15) is 14.3 Å². The molecule has 0 saturated carbocycles. The number of carbonyl (C=O) groups is 1. The number of aromatic nitrogens is 1. The summed E-state index contributed by atoms with van der Waals surface area (Å²) < 4.78 is 13.5. The molecule has 6 heteroatoms. The minimum Gasteiger partial charge on any atom is -0.481 e. The number of fused-ring (bicyclic) bond motifs is 1. The summed E-state index contributed by atoms with van der Waals surface area (Å²) in [4.78, 5) is 19.9. The molecule has 0 aliphatic carbocycles. The molecule has 2 heterocycles. The number of rotatable bonds is 12. The SMILES string of the molecule is C=Nc1ccc(F)cc1/C=C/C(CCCCCCc1ccc2c(n1)NCCC2)CC(=O)O. The van der Waals surface area contributed by atoms with Gasteiger partial charge in [-0.25, -0.2) is 9.37 Å². The smallest absolute Gasteiger partial charge is 0.303 e. The third kappa shape index (κ3) is 7.29. The third-order valence-corrected chi connectivity index (χ3v) is 5.85. The van der Waals surface area contributed by atoms with Crippen molar-refractivity contribution in [3.05, 3.63) is 59.0 Å². The van der Waals surface area contributed by atoms with Crippen LogP contribution in [0.15, 0.2) is 41.4 Å². The summed E-state index contributed by atoms with van der Waals surface area (Å²) in [5.74, 6) is -0.226. The largest absolute Gasteiger partial charge is 0.481 e. The lowest BCUT2D eigenvalue weighted by Crippen LogP contribution is -2.13. The van der Waals surface area contributed by atoms with E-state index in [4.69, 9.17) is 4.98 Å². The molecule has 2 aromatic rings. The van der Waals surface area contributed by atoms with Crippen molar-refractivity contribution in [2.75, 3.05) is 11.9 Å². The molecule has 0 radical (unpaired) electrons. The molecule has 0 spiro atoms.